The predicted octanol–water partition coefficient (Wildman–Crippen LogP) is 6.48. The van der Waals surface area contributed by atoms with Crippen LogP contribution < -0.4 is 26.4 Å². The molecule has 7 heterocycles. The van der Waals surface area contributed by atoms with Crippen LogP contribution in [0.3, 0.4) is 0 Å². The number of aromatic nitrogens is 3. The summed E-state index contributed by atoms with van der Waals surface area (Å²) in [6.45, 7) is 11.8. The van der Waals surface area contributed by atoms with Gasteiger partial charge in [0.25, 0.3) is 11.5 Å². The molecule has 3 fully saturated rings. The van der Waals surface area contributed by atoms with Gasteiger partial charge in [0.05, 0.1) is 11.4 Å². The number of halogens is 2. The Bertz CT molecular complexity index is 2790. The maximum atomic E-state index is 16.1. The van der Waals surface area contributed by atoms with Crippen LogP contribution in [-0.2, 0) is 16.6 Å². The van der Waals surface area contributed by atoms with Crippen LogP contribution in [-0.4, -0.2) is 118 Å². The number of likely N-dealkylation sites (tertiary alicyclic amines) is 1. The first-order chi connectivity index (χ1) is 32.3. The highest BCUT2D eigenvalue weighted by atomic mass is 19.1. The lowest BCUT2D eigenvalue weighted by atomic mass is 9.92. The van der Waals surface area contributed by atoms with Crippen LogP contribution in [0.15, 0.2) is 77.9 Å². The Hall–Kier alpha value is -6.39. The number of pyridine rings is 2. The lowest BCUT2D eigenvalue weighted by molar-refractivity contribution is -0.133. The zero-order chi connectivity index (χ0) is 47.1. The maximum Gasteiger partial charge on any atom is 0.257 e. The third-order valence-corrected chi connectivity index (χ3v) is 14.5. The molecule has 352 valence electrons. The molecule has 3 aromatic heterocycles. The Balaban J connectivity index is 0.773. The van der Waals surface area contributed by atoms with Crippen molar-refractivity contribution in [3.63, 3.8) is 0 Å². The van der Waals surface area contributed by atoms with Gasteiger partial charge in [0.15, 0.2) is 0 Å². The highest BCUT2D eigenvalue weighted by molar-refractivity contribution is 6.01. The van der Waals surface area contributed by atoms with Crippen molar-refractivity contribution in [1.82, 2.24) is 34.1 Å². The first-order valence-corrected chi connectivity index (χ1v) is 23.5. The van der Waals surface area contributed by atoms with Gasteiger partial charge in [-0.2, -0.15) is 0 Å². The summed E-state index contributed by atoms with van der Waals surface area (Å²) in [5.74, 6) is -1.14. The van der Waals surface area contributed by atoms with Crippen molar-refractivity contribution in [3.05, 3.63) is 117 Å². The number of hydrogen-bond acceptors (Lipinski definition) is 10. The number of aryl methyl sites for hydroxylation is 2. The van der Waals surface area contributed by atoms with Gasteiger partial charge < -0.3 is 25.0 Å². The summed E-state index contributed by atoms with van der Waals surface area (Å²) < 4.78 is 35.2. The summed E-state index contributed by atoms with van der Waals surface area (Å²) in [4.78, 5) is 63.9. The van der Waals surface area contributed by atoms with Gasteiger partial charge in [-0.25, -0.2) is 13.8 Å². The Kier molecular flexibility index (Phi) is 13.0. The van der Waals surface area contributed by atoms with E-state index in [2.05, 4.69) is 66.2 Å². The number of piperidine rings is 2. The van der Waals surface area contributed by atoms with Crippen molar-refractivity contribution in [2.24, 2.45) is 13.0 Å². The number of fused-ring (bicyclic) bond motifs is 1. The van der Waals surface area contributed by atoms with E-state index in [0.29, 0.717) is 74.0 Å². The van der Waals surface area contributed by atoms with E-state index < -0.39 is 11.9 Å². The maximum absolute atomic E-state index is 16.1. The van der Waals surface area contributed by atoms with Gasteiger partial charge in [0.1, 0.15) is 23.3 Å². The smallest absolute Gasteiger partial charge is 0.257 e. The molecular formula is C51H60F2N10O4. The zero-order valence-corrected chi connectivity index (χ0v) is 38.9. The van der Waals surface area contributed by atoms with E-state index in [4.69, 9.17) is 0 Å². The molecule has 3 N–H and O–H groups in total. The van der Waals surface area contributed by atoms with Gasteiger partial charge >= 0.3 is 0 Å². The Labute approximate surface area is 389 Å². The Morgan fingerprint density at radius 2 is 1.72 bits per heavy atom. The van der Waals surface area contributed by atoms with Crippen molar-refractivity contribution >= 4 is 51.4 Å². The van der Waals surface area contributed by atoms with Gasteiger partial charge in [0, 0.05) is 137 Å². The molecule has 0 spiro atoms. The van der Waals surface area contributed by atoms with Crippen LogP contribution in [0.4, 0.5) is 25.8 Å². The number of benzene rings is 2. The molecule has 16 heteroatoms. The van der Waals surface area contributed by atoms with Crippen molar-refractivity contribution in [3.8, 4) is 5.69 Å². The van der Waals surface area contributed by atoms with Crippen LogP contribution >= 0.6 is 0 Å². The van der Waals surface area contributed by atoms with Gasteiger partial charge in [-0.3, -0.25) is 38.9 Å². The van der Waals surface area contributed by atoms with Crippen LogP contribution in [0.5, 0.6) is 0 Å². The van der Waals surface area contributed by atoms with E-state index in [9.17, 15) is 19.2 Å². The Morgan fingerprint density at radius 3 is 2.40 bits per heavy atom. The molecule has 2 aromatic carbocycles. The predicted molar refractivity (Wildman–Crippen MR) is 258 cm³/mol. The number of rotatable bonds is 11. The number of amides is 3. The number of carbonyl (C=O) groups excluding carboxylic acids is 3. The second-order valence-electron chi connectivity index (χ2n) is 18.7. The first kappa shape index (κ1) is 45.8. The van der Waals surface area contributed by atoms with Crippen LogP contribution in [0, 0.1) is 24.5 Å². The molecule has 0 saturated carbocycles. The molecule has 0 bridgehead atoms. The summed E-state index contributed by atoms with van der Waals surface area (Å²) >= 11 is 0. The number of nitrogens with one attached hydrogen (secondary N) is 3. The van der Waals surface area contributed by atoms with E-state index >= 15 is 8.78 Å². The molecule has 5 aromatic rings. The highest BCUT2D eigenvalue weighted by Gasteiger charge is 2.32. The molecule has 3 amide bonds. The second kappa shape index (κ2) is 19.1. The standard InChI is InChI=1S/C51H60F2N10O4/c1-31-24-36(25-41(53)48(31)35-13-19-59(20-14-35)33(3)45-28-39-43(10-16-55-49(39)58(45)5)63-21-15-37(54-4)27-47(63)65)51(67)60-17-11-34(12-18-60)30-61-22-23-62(29-32(61)2)44-8-6-38(26-40(44)52)56-42-7-9-46(64)57-50(42)66/h6,8,10,13,15-16,21,24-28,32-34,42,54,56H,7,9,11-12,14,17-20,22-23,29-30H2,1-5H3,(H,57,64,66)/t32-,33+,42-/m1/s1. The number of hydrogen-bond donors (Lipinski definition) is 3. The number of imide groups is 1. The summed E-state index contributed by atoms with van der Waals surface area (Å²) in [6.07, 6.45) is 8.61. The lowest BCUT2D eigenvalue weighted by Gasteiger charge is -2.43. The van der Waals surface area contributed by atoms with E-state index in [1.807, 2.05) is 37.1 Å². The van der Waals surface area contributed by atoms with Gasteiger partial charge in [-0.1, -0.05) is 6.08 Å². The Morgan fingerprint density at radius 1 is 0.910 bits per heavy atom. The molecule has 4 aliphatic heterocycles. The summed E-state index contributed by atoms with van der Waals surface area (Å²) in [6, 6.07) is 15.3. The zero-order valence-electron chi connectivity index (χ0n) is 38.9. The summed E-state index contributed by atoms with van der Waals surface area (Å²) in [5, 5.41) is 9.29. The molecule has 3 atom stereocenters. The van der Waals surface area contributed by atoms with Crippen LogP contribution in [0.1, 0.15) is 79.2 Å². The van der Waals surface area contributed by atoms with Crippen molar-refractivity contribution < 1.29 is 23.2 Å². The fourth-order valence-corrected chi connectivity index (χ4v) is 10.6. The average molecular weight is 915 g/mol. The fraction of sp³-hybridized carbons (Fsp3) is 0.431. The van der Waals surface area contributed by atoms with E-state index in [1.54, 1.807) is 42.2 Å². The molecule has 14 nitrogen and oxygen atoms in total. The topological polar surface area (TPSA) is 140 Å². The number of carbonyl (C=O) groups is 3. The molecule has 4 aliphatic rings. The van der Waals surface area contributed by atoms with Crippen molar-refractivity contribution in [2.45, 2.75) is 71.0 Å². The molecule has 3 saturated heterocycles. The van der Waals surface area contributed by atoms with Crippen LogP contribution in [0.25, 0.3) is 22.3 Å². The third kappa shape index (κ3) is 9.33. The van der Waals surface area contributed by atoms with Gasteiger partial charge in [-0.15, -0.1) is 0 Å². The monoisotopic (exact) mass is 914 g/mol. The van der Waals surface area contributed by atoms with Gasteiger partial charge in [-0.05, 0) is 112 Å². The van der Waals surface area contributed by atoms with Crippen molar-refractivity contribution in [1.29, 1.82) is 0 Å². The largest absolute Gasteiger partial charge is 0.388 e. The number of nitrogens with zero attached hydrogens (tertiary/aromatic N) is 7. The fourth-order valence-electron chi connectivity index (χ4n) is 10.6. The lowest BCUT2D eigenvalue weighted by Crippen LogP contribution is -2.54. The van der Waals surface area contributed by atoms with E-state index in [-0.39, 0.29) is 47.5 Å². The molecule has 0 unspecified atom stereocenters. The SMILES string of the molecule is CNc1ccn(-c2ccnc3c2cc([C@H](C)N2CC=C(c4c(C)cc(C(=O)N5CCC(CN6CCN(c7ccc(N[C@@H]8CCC(=O)NC8=O)cc7F)C[C@H]6C)CC5)cc4F)CC2)n3C)c(=O)c1. The number of piperazine rings is 1. The normalized spacial score (nSPS) is 20.5. The highest BCUT2D eigenvalue weighted by Crippen LogP contribution is 2.35. The van der Waals surface area contributed by atoms with Gasteiger partial charge in [0.2, 0.25) is 11.8 Å². The van der Waals surface area contributed by atoms with Crippen molar-refractivity contribution in [2.75, 3.05) is 74.9 Å². The molecule has 0 radical (unpaired) electrons. The average Bonchev–Trinajstić information content (AvgIpc) is 3.66. The quantitative estimate of drug-likeness (QED) is 0.126. The summed E-state index contributed by atoms with van der Waals surface area (Å²) in [7, 11) is 3.78. The minimum atomic E-state index is -0.576. The molecular weight excluding hydrogens is 855 g/mol. The van der Waals surface area contributed by atoms with Crippen LogP contribution in [0.2, 0.25) is 0 Å². The summed E-state index contributed by atoms with van der Waals surface area (Å²) in [5.41, 5.74) is 6.93. The minimum absolute atomic E-state index is 0.0251. The molecule has 0 aliphatic carbocycles. The molecule has 67 heavy (non-hydrogen) atoms. The third-order valence-electron chi connectivity index (χ3n) is 14.5. The molecule has 9 rings (SSSR count). The second-order valence-corrected chi connectivity index (χ2v) is 18.7. The number of anilines is 3. The van der Waals surface area contributed by atoms with E-state index in [0.717, 1.165) is 71.7 Å². The van der Waals surface area contributed by atoms with E-state index in [1.165, 1.54) is 12.1 Å². The minimum Gasteiger partial charge on any atom is -0.388 e. The first-order valence-electron chi connectivity index (χ1n) is 23.5.